The van der Waals surface area contributed by atoms with Crippen molar-refractivity contribution in [3.8, 4) is 0 Å². The standard InChI is InChI=1S/C7H6ClF3N2/c8-3-2-13-4(1-12)6(9)5(3)7(10)11/h2,7H,1,12H2. The predicted octanol–water partition coefficient (Wildman–Crippen LogP) is 2.27. The molecule has 0 unspecified atom stereocenters. The third-order valence-electron chi connectivity index (χ3n) is 1.49. The van der Waals surface area contributed by atoms with Gasteiger partial charge in [0, 0.05) is 12.7 Å². The van der Waals surface area contributed by atoms with Crippen molar-refractivity contribution >= 4 is 11.6 Å². The number of halogens is 4. The summed E-state index contributed by atoms with van der Waals surface area (Å²) in [6.45, 7) is -0.233. The van der Waals surface area contributed by atoms with E-state index in [1.807, 2.05) is 0 Å². The predicted molar refractivity (Wildman–Crippen MR) is 42.1 cm³/mol. The van der Waals surface area contributed by atoms with E-state index >= 15 is 0 Å². The maximum Gasteiger partial charge on any atom is 0.268 e. The first kappa shape index (κ1) is 10.3. The van der Waals surface area contributed by atoms with Gasteiger partial charge in [0.15, 0.2) is 5.82 Å². The van der Waals surface area contributed by atoms with Crippen LogP contribution >= 0.6 is 11.6 Å². The van der Waals surface area contributed by atoms with Crippen LogP contribution in [0, 0.1) is 5.82 Å². The zero-order valence-electron chi connectivity index (χ0n) is 6.40. The molecule has 0 atom stereocenters. The molecule has 0 aromatic carbocycles. The van der Waals surface area contributed by atoms with Crippen LogP contribution in [-0.2, 0) is 6.54 Å². The SMILES string of the molecule is NCc1ncc(Cl)c(C(F)F)c1F. The summed E-state index contributed by atoms with van der Waals surface area (Å²) >= 11 is 5.33. The smallest absolute Gasteiger partial charge is 0.268 e. The Morgan fingerprint density at radius 2 is 2.15 bits per heavy atom. The van der Waals surface area contributed by atoms with Gasteiger partial charge in [-0.2, -0.15) is 0 Å². The van der Waals surface area contributed by atoms with Gasteiger partial charge in [0.05, 0.1) is 16.3 Å². The van der Waals surface area contributed by atoms with Crippen LogP contribution < -0.4 is 5.73 Å². The minimum absolute atomic E-state index is 0.209. The van der Waals surface area contributed by atoms with Crippen molar-refractivity contribution in [2.45, 2.75) is 13.0 Å². The number of aromatic nitrogens is 1. The Balaban J connectivity index is 3.30. The molecule has 0 spiro atoms. The first-order chi connectivity index (χ1) is 6.07. The summed E-state index contributed by atoms with van der Waals surface area (Å²) in [6, 6.07) is 0. The van der Waals surface area contributed by atoms with Crippen molar-refractivity contribution in [3.05, 3.63) is 28.3 Å². The summed E-state index contributed by atoms with van der Waals surface area (Å²) in [7, 11) is 0. The molecule has 1 rings (SSSR count). The molecule has 72 valence electrons. The molecule has 0 saturated carbocycles. The molecular weight excluding hydrogens is 205 g/mol. The summed E-state index contributed by atoms with van der Waals surface area (Å²) < 4.78 is 37.5. The van der Waals surface area contributed by atoms with Crippen molar-refractivity contribution < 1.29 is 13.2 Å². The van der Waals surface area contributed by atoms with Gasteiger partial charge in [0.1, 0.15) is 0 Å². The van der Waals surface area contributed by atoms with Gasteiger partial charge in [0.25, 0.3) is 6.43 Å². The van der Waals surface area contributed by atoms with Gasteiger partial charge in [-0.1, -0.05) is 11.6 Å². The van der Waals surface area contributed by atoms with Crippen LogP contribution in [0.2, 0.25) is 5.02 Å². The van der Waals surface area contributed by atoms with Crippen LogP contribution in [0.5, 0.6) is 0 Å². The summed E-state index contributed by atoms with van der Waals surface area (Å²) in [4.78, 5) is 3.47. The summed E-state index contributed by atoms with van der Waals surface area (Å²) in [5.74, 6) is -1.12. The first-order valence-electron chi connectivity index (χ1n) is 3.39. The van der Waals surface area contributed by atoms with Crippen molar-refractivity contribution in [2.24, 2.45) is 5.73 Å². The Morgan fingerprint density at radius 1 is 1.54 bits per heavy atom. The fourth-order valence-corrected chi connectivity index (χ4v) is 1.08. The molecule has 1 heterocycles. The molecule has 1 aromatic rings. The molecule has 0 aliphatic heterocycles. The Hall–Kier alpha value is -0.810. The second kappa shape index (κ2) is 3.93. The Kier molecular flexibility index (Phi) is 3.11. The summed E-state index contributed by atoms with van der Waals surface area (Å²) in [6.07, 6.45) is -1.99. The molecular formula is C7H6ClF3N2. The fraction of sp³-hybridized carbons (Fsp3) is 0.286. The lowest BCUT2D eigenvalue weighted by Gasteiger charge is -2.06. The molecule has 0 aliphatic rings. The van der Waals surface area contributed by atoms with Crippen LogP contribution in [0.15, 0.2) is 6.20 Å². The highest BCUT2D eigenvalue weighted by Crippen LogP contribution is 2.29. The highest BCUT2D eigenvalue weighted by Gasteiger charge is 2.20. The highest BCUT2D eigenvalue weighted by molar-refractivity contribution is 6.31. The van der Waals surface area contributed by atoms with Gasteiger partial charge in [-0.05, 0) is 0 Å². The van der Waals surface area contributed by atoms with E-state index in [-0.39, 0.29) is 17.3 Å². The first-order valence-corrected chi connectivity index (χ1v) is 3.76. The van der Waals surface area contributed by atoms with Gasteiger partial charge >= 0.3 is 0 Å². The van der Waals surface area contributed by atoms with Gasteiger partial charge in [-0.25, -0.2) is 13.2 Å². The van der Waals surface area contributed by atoms with Crippen molar-refractivity contribution in [2.75, 3.05) is 0 Å². The topological polar surface area (TPSA) is 38.9 Å². The molecule has 0 aliphatic carbocycles. The van der Waals surface area contributed by atoms with E-state index in [1.54, 1.807) is 0 Å². The largest absolute Gasteiger partial charge is 0.325 e. The van der Waals surface area contributed by atoms with Crippen LogP contribution in [0.1, 0.15) is 17.7 Å². The maximum atomic E-state index is 13.1. The van der Waals surface area contributed by atoms with E-state index in [0.29, 0.717) is 0 Å². The zero-order chi connectivity index (χ0) is 10.0. The molecule has 2 nitrogen and oxygen atoms in total. The average Bonchev–Trinajstić information content (AvgIpc) is 2.04. The third-order valence-corrected chi connectivity index (χ3v) is 1.79. The lowest BCUT2D eigenvalue weighted by molar-refractivity contribution is 0.146. The monoisotopic (exact) mass is 210 g/mol. The van der Waals surface area contributed by atoms with E-state index in [2.05, 4.69) is 4.98 Å². The van der Waals surface area contributed by atoms with E-state index < -0.39 is 17.8 Å². The number of rotatable bonds is 2. The molecule has 13 heavy (non-hydrogen) atoms. The van der Waals surface area contributed by atoms with Crippen molar-refractivity contribution in [1.82, 2.24) is 4.98 Å². The van der Waals surface area contributed by atoms with E-state index in [0.717, 1.165) is 6.20 Å². The second-order valence-electron chi connectivity index (χ2n) is 2.29. The lowest BCUT2D eigenvalue weighted by atomic mass is 10.2. The number of nitrogens with two attached hydrogens (primary N) is 1. The normalized spacial score (nSPS) is 10.9. The third kappa shape index (κ3) is 1.92. The Morgan fingerprint density at radius 3 is 2.62 bits per heavy atom. The van der Waals surface area contributed by atoms with Gasteiger partial charge in [0.2, 0.25) is 0 Å². The molecule has 1 aromatic heterocycles. The molecule has 0 bridgehead atoms. The van der Waals surface area contributed by atoms with Gasteiger partial charge in [-0.15, -0.1) is 0 Å². The van der Waals surface area contributed by atoms with Crippen molar-refractivity contribution in [3.63, 3.8) is 0 Å². The van der Waals surface area contributed by atoms with Gasteiger partial charge in [-0.3, -0.25) is 4.98 Å². The highest BCUT2D eigenvalue weighted by atomic mass is 35.5. The summed E-state index contributed by atoms with van der Waals surface area (Å²) in [5, 5.41) is -0.385. The molecule has 0 saturated heterocycles. The van der Waals surface area contributed by atoms with Crippen LogP contribution in [0.4, 0.5) is 13.2 Å². The van der Waals surface area contributed by atoms with Crippen molar-refractivity contribution in [1.29, 1.82) is 0 Å². The number of nitrogens with zero attached hydrogens (tertiary/aromatic N) is 1. The molecule has 6 heteroatoms. The second-order valence-corrected chi connectivity index (χ2v) is 2.69. The van der Waals surface area contributed by atoms with E-state index in [9.17, 15) is 13.2 Å². The molecule has 0 radical (unpaired) electrons. The van der Waals surface area contributed by atoms with Crippen LogP contribution in [0.3, 0.4) is 0 Å². The van der Waals surface area contributed by atoms with E-state index in [1.165, 1.54) is 0 Å². The van der Waals surface area contributed by atoms with Crippen LogP contribution in [-0.4, -0.2) is 4.98 Å². The molecule has 0 fully saturated rings. The minimum atomic E-state index is -2.96. The summed E-state index contributed by atoms with van der Waals surface area (Å²) in [5.41, 5.74) is 4.03. The number of pyridine rings is 1. The Labute approximate surface area is 77.5 Å². The Bertz CT molecular complexity index is 317. The molecule has 2 N–H and O–H groups in total. The van der Waals surface area contributed by atoms with E-state index in [4.69, 9.17) is 17.3 Å². The number of alkyl halides is 2. The number of hydrogen-bond donors (Lipinski definition) is 1. The lowest BCUT2D eigenvalue weighted by Crippen LogP contribution is -2.06. The average molecular weight is 211 g/mol. The van der Waals surface area contributed by atoms with Crippen LogP contribution in [0.25, 0.3) is 0 Å². The minimum Gasteiger partial charge on any atom is -0.325 e. The maximum absolute atomic E-state index is 13.1. The quantitative estimate of drug-likeness (QED) is 0.813. The fourth-order valence-electron chi connectivity index (χ4n) is 0.863. The zero-order valence-corrected chi connectivity index (χ0v) is 7.15. The van der Waals surface area contributed by atoms with Gasteiger partial charge < -0.3 is 5.73 Å². The number of hydrogen-bond acceptors (Lipinski definition) is 2. The molecule has 0 amide bonds.